The summed E-state index contributed by atoms with van der Waals surface area (Å²) in [6.07, 6.45) is 1.25. The second-order valence-corrected chi connectivity index (χ2v) is 3.66. The zero-order valence-corrected chi connectivity index (χ0v) is 8.55. The standard InChI is InChI=1S/C10H21NO/c1-4-9(3)10-8-12-7-6-11(10)5-2/h9-10H,4-8H2,1-3H3. The predicted octanol–water partition coefficient (Wildman–Crippen LogP) is 1.75. The van der Waals surface area contributed by atoms with Crippen molar-refractivity contribution >= 4 is 0 Å². The first kappa shape index (κ1) is 10.0. The Morgan fingerprint density at radius 1 is 1.50 bits per heavy atom. The topological polar surface area (TPSA) is 12.5 Å². The normalized spacial score (nSPS) is 28.8. The zero-order chi connectivity index (χ0) is 8.97. The second-order valence-electron chi connectivity index (χ2n) is 3.66. The summed E-state index contributed by atoms with van der Waals surface area (Å²) in [6, 6.07) is 0.661. The molecule has 0 aromatic heterocycles. The van der Waals surface area contributed by atoms with Crippen LogP contribution in [0.25, 0.3) is 0 Å². The number of nitrogens with zero attached hydrogens (tertiary/aromatic N) is 1. The molecule has 0 amide bonds. The second kappa shape index (κ2) is 4.83. The van der Waals surface area contributed by atoms with Gasteiger partial charge < -0.3 is 4.74 Å². The molecule has 1 saturated heterocycles. The van der Waals surface area contributed by atoms with Gasteiger partial charge >= 0.3 is 0 Å². The number of rotatable bonds is 3. The highest BCUT2D eigenvalue weighted by Gasteiger charge is 2.25. The smallest absolute Gasteiger partial charge is 0.0625 e. The van der Waals surface area contributed by atoms with Gasteiger partial charge in [0.15, 0.2) is 0 Å². The van der Waals surface area contributed by atoms with Crippen LogP contribution in [0.2, 0.25) is 0 Å². The van der Waals surface area contributed by atoms with Gasteiger partial charge in [-0.05, 0) is 12.5 Å². The lowest BCUT2D eigenvalue weighted by atomic mass is 9.97. The van der Waals surface area contributed by atoms with Gasteiger partial charge in [-0.25, -0.2) is 0 Å². The Kier molecular flexibility index (Phi) is 4.02. The summed E-state index contributed by atoms with van der Waals surface area (Å²) in [5.41, 5.74) is 0. The molecule has 0 aromatic carbocycles. The van der Waals surface area contributed by atoms with Crippen LogP contribution in [0, 0.1) is 5.92 Å². The van der Waals surface area contributed by atoms with Gasteiger partial charge in [0.25, 0.3) is 0 Å². The fraction of sp³-hybridized carbons (Fsp3) is 1.00. The van der Waals surface area contributed by atoms with Crippen molar-refractivity contribution in [3.63, 3.8) is 0 Å². The summed E-state index contributed by atoms with van der Waals surface area (Å²) in [4.78, 5) is 2.54. The summed E-state index contributed by atoms with van der Waals surface area (Å²) in [6.45, 7) is 10.9. The summed E-state index contributed by atoms with van der Waals surface area (Å²) >= 11 is 0. The van der Waals surface area contributed by atoms with E-state index in [1.165, 1.54) is 13.0 Å². The Hall–Kier alpha value is -0.0800. The predicted molar refractivity (Wildman–Crippen MR) is 51.3 cm³/mol. The Morgan fingerprint density at radius 2 is 2.25 bits per heavy atom. The number of likely N-dealkylation sites (N-methyl/N-ethyl adjacent to an activating group) is 1. The fourth-order valence-corrected chi connectivity index (χ4v) is 1.85. The quantitative estimate of drug-likeness (QED) is 0.641. The van der Waals surface area contributed by atoms with E-state index in [1.807, 2.05) is 0 Å². The highest BCUT2D eigenvalue weighted by Crippen LogP contribution is 2.17. The van der Waals surface area contributed by atoms with E-state index in [0.717, 1.165) is 25.7 Å². The van der Waals surface area contributed by atoms with E-state index in [0.29, 0.717) is 6.04 Å². The van der Waals surface area contributed by atoms with Gasteiger partial charge in [-0.2, -0.15) is 0 Å². The van der Waals surface area contributed by atoms with Crippen LogP contribution >= 0.6 is 0 Å². The van der Waals surface area contributed by atoms with Crippen LogP contribution in [-0.2, 0) is 4.74 Å². The van der Waals surface area contributed by atoms with Crippen molar-refractivity contribution < 1.29 is 4.74 Å². The molecule has 1 rings (SSSR count). The van der Waals surface area contributed by atoms with Crippen LogP contribution in [-0.4, -0.2) is 37.2 Å². The van der Waals surface area contributed by atoms with Crippen LogP contribution in [0.15, 0.2) is 0 Å². The van der Waals surface area contributed by atoms with Crippen molar-refractivity contribution in [2.24, 2.45) is 5.92 Å². The largest absolute Gasteiger partial charge is 0.378 e. The van der Waals surface area contributed by atoms with Crippen molar-refractivity contribution in [1.82, 2.24) is 4.90 Å². The molecule has 1 fully saturated rings. The number of ether oxygens (including phenoxy) is 1. The molecule has 2 nitrogen and oxygen atoms in total. The monoisotopic (exact) mass is 171 g/mol. The van der Waals surface area contributed by atoms with Crippen molar-refractivity contribution in [2.45, 2.75) is 33.2 Å². The van der Waals surface area contributed by atoms with E-state index in [2.05, 4.69) is 25.7 Å². The molecule has 0 aliphatic carbocycles. The van der Waals surface area contributed by atoms with Crippen molar-refractivity contribution in [1.29, 1.82) is 0 Å². The average molecular weight is 171 g/mol. The first-order valence-electron chi connectivity index (χ1n) is 5.11. The first-order chi connectivity index (χ1) is 5.79. The van der Waals surface area contributed by atoms with E-state index in [9.17, 15) is 0 Å². The van der Waals surface area contributed by atoms with E-state index in [4.69, 9.17) is 4.74 Å². The van der Waals surface area contributed by atoms with Crippen LogP contribution in [0.1, 0.15) is 27.2 Å². The van der Waals surface area contributed by atoms with Crippen molar-refractivity contribution in [3.05, 3.63) is 0 Å². The molecule has 0 radical (unpaired) electrons. The zero-order valence-electron chi connectivity index (χ0n) is 8.55. The van der Waals surface area contributed by atoms with E-state index < -0.39 is 0 Å². The maximum absolute atomic E-state index is 5.50. The van der Waals surface area contributed by atoms with Crippen LogP contribution < -0.4 is 0 Å². The van der Waals surface area contributed by atoms with Gasteiger partial charge in [-0.3, -0.25) is 4.90 Å². The van der Waals surface area contributed by atoms with Gasteiger partial charge in [-0.15, -0.1) is 0 Å². The third-order valence-electron chi connectivity index (χ3n) is 2.99. The molecule has 0 bridgehead atoms. The van der Waals surface area contributed by atoms with Crippen molar-refractivity contribution in [2.75, 3.05) is 26.3 Å². The molecule has 0 spiro atoms. The summed E-state index contributed by atoms with van der Waals surface area (Å²) in [5.74, 6) is 0.769. The molecule has 0 saturated carbocycles. The molecule has 72 valence electrons. The van der Waals surface area contributed by atoms with Gasteiger partial charge in [0.1, 0.15) is 0 Å². The minimum absolute atomic E-state index is 0.661. The Labute approximate surface area is 75.9 Å². The minimum Gasteiger partial charge on any atom is -0.378 e. The molecule has 2 unspecified atom stereocenters. The van der Waals surface area contributed by atoms with E-state index in [1.54, 1.807) is 0 Å². The molecule has 1 heterocycles. The summed E-state index contributed by atoms with van der Waals surface area (Å²) in [7, 11) is 0. The lowest BCUT2D eigenvalue weighted by Gasteiger charge is -2.38. The Balaban J connectivity index is 2.46. The summed E-state index contributed by atoms with van der Waals surface area (Å²) in [5, 5.41) is 0. The Morgan fingerprint density at radius 3 is 2.83 bits per heavy atom. The molecule has 2 atom stereocenters. The maximum Gasteiger partial charge on any atom is 0.0625 e. The highest BCUT2D eigenvalue weighted by atomic mass is 16.5. The minimum atomic E-state index is 0.661. The Bertz CT molecular complexity index is 127. The van der Waals surface area contributed by atoms with E-state index in [-0.39, 0.29) is 0 Å². The van der Waals surface area contributed by atoms with Gasteiger partial charge in [0, 0.05) is 12.6 Å². The maximum atomic E-state index is 5.50. The van der Waals surface area contributed by atoms with Crippen LogP contribution in [0.3, 0.4) is 0 Å². The van der Waals surface area contributed by atoms with Gasteiger partial charge in [0.05, 0.1) is 13.2 Å². The molecule has 1 aliphatic rings. The molecule has 2 heteroatoms. The molecule has 12 heavy (non-hydrogen) atoms. The molecular weight excluding hydrogens is 150 g/mol. The number of hydrogen-bond donors (Lipinski definition) is 0. The van der Waals surface area contributed by atoms with Crippen molar-refractivity contribution in [3.8, 4) is 0 Å². The third-order valence-corrected chi connectivity index (χ3v) is 2.99. The molecular formula is C10H21NO. The average Bonchev–Trinajstić information content (AvgIpc) is 2.16. The van der Waals surface area contributed by atoms with Gasteiger partial charge in [-0.1, -0.05) is 27.2 Å². The molecule has 0 aromatic rings. The lowest BCUT2D eigenvalue weighted by molar-refractivity contribution is -0.0251. The lowest BCUT2D eigenvalue weighted by Crippen LogP contribution is -2.48. The molecule has 1 aliphatic heterocycles. The fourth-order valence-electron chi connectivity index (χ4n) is 1.85. The number of hydrogen-bond acceptors (Lipinski definition) is 2. The third kappa shape index (κ3) is 2.20. The first-order valence-corrected chi connectivity index (χ1v) is 5.11. The number of morpholine rings is 1. The summed E-state index contributed by atoms with van der Waals surface area (Å²) < 4.78 is 5.50. The van der Waals surface area contributed by atoms with Gasteiger partial charge in [0.2, 0.25) is 0 Å². The highest BCUT2D eigenvalue weighted by molar-refractivity contribution is 4.78. The molecule has 0 N–H and O–H groups in total. The SMILES string of the molecule is CCC(C)C1COCCN1CC. The van der Waals surface area contributed by atoms with E-state index >= 15 is 0 Å². The van der Waals surface area contributed by atoms with Crippen LogP contribution in [0.5, 0.6) is 0 Å². The van der Waals surface area contributed by atoms with Crippen LogP contribution in [0.4, 0.5) is 0 Å².